The Morgan fingerprint density at radius 2 is 1.89 bits per heavy atom. The van der Waals surface area contributed by atoms with Crippen LogP contribution in [0.1, 0.15) is 44.7 Å². The van der Waals surface area contributed by atoms with Gasteiger partial charge in [0.2, 0.25) is 0 Å². The van der Waals surface area contributed by atoms with Crippen molar-refractivity contribution in [3.63, 3.8) is 0 Å². The second-order valence-electron chi connectivity index (χ2n) is 7.30. The summed E-state index contributed by atoms with van der Waals surface area (Å²) in [5.41, 5.74) is 1.76. The van der Waals surface area contributed by atoms with Gasteiger partial charge in [-0.05, 0) is 71.2 Å². The molecular weight excluding hydrogens is 468 g/mol. The molecule has 0 spiro atoms. The van der Waals surface area contributed by atoms with Gasteiger partial charge >= 0.3 is 0 Å². The zero-order valence-corrected chi connectivity index (χ0v) is 20.7. The van der Waals surface area contributed by atoms with Gasteiger partial charge in [0.25, 0.3) is 0 Å². The van der Waals surface area contributed by atoms with Crippen LogP contribution in [0.4, 0.5) is 4.39 Å². The molecule has 1 aromatic rings. The largest absolute Gasteiger partial charge is 0.354 e. The lowest BCUT2D eigenvalue weighted by Crippen LogP contribution is -2.42. The molecule has 0 saturated heterocycles. The second kappa shape index (κ2) is 15.0. The molecule has 0 saturated carbocycles. The van der Waals surface area contributed by atoms with Crippen molar-refractivity contribution in [2.75, 3.05) is 40.8 Å². The number of aliphatic imine (C=N–C) groups is 1. The van der Waals surface area contributed by atoms with Crippen molar-refractivity contribution in [3.05, 3.63) is 35.1 Å². The Morgan fingerprint density at radius 3 is 2.46 bits per heavy atom. The maximum Gasteiger partial charge on any atom is 0.191 e. The van der Waals surface area contributed by atoms with Crippen LogP contribution >= 0.6 is 24.0 Å². The first-order valence-electron chi connectivity index (χ1n) is 10.0. The highest BCUT2D eigenvalue weighted by atomic mass is 127. The molecule has 0 radical (unpaired) electrons. The summed E-state index contributed by atoms with van der Waals surface area (Å²) in [5.74, 6) is 0.626. The molecule has 7 heteroatoms. The van der Waals surface area contributed by atoms with E-state index in [1.807, 2.05) is 31.1 Å². The summed E-state index contributed by atoms with van der Waals surface area (Å²) in [6.07, 6.45) is 2.26. The van der Waals surface area contributed by atoms with E-state index in [0.29, 0.717) is 24.7 Å². The molecule has 0 fully saturated rings. The first-order valence-corrected chi connectivity index (χ1v) is 10.0. The Kier molecular flexibility index (Phi) is 14.5. The van der Waals surface area contributed by atoms with E-state index in [9.17, 15) is 4.39 Å². The van der Waals surface area contributed by atoms with Crippen LogP contribution in [-0.4, -0.2) is 62.6 Å². The lowest BCUT2D eigenvalue weighted by Gasteiger charge is -2.21. The number of benzene rings is 1. The predicted octanol–water partition coefficient (Wildman–Crippen LogP) is 3.68. The maximum atomic E-state index is 13.9. The molecule has 1 unspecified atom stereocenters. The van der Waals surface area contributed by atoms with Crippen molar-refractivity contribution >= 4 is 29.9 Å². The zero-order chi connectivity index (χ0) is 20.2. The Hall–Kier alpha value is -0.930. The van der Waals surface area contributed by atoms with E-state index in [-0.39, 0.29) is 29.8 Å². The molecular formula is C21H39FIN5. The van der Waals surface area contributed by atoms with E-state index < -0.39 is 0 Å². The third-order valence-corrected chi connectivity index (χ3v) is 4.67. The number of nitrogens with zero attached hydrogens (tertiary/aromatic N) is 3. The van der Waals surface area contributed by atoms with Gasteiger partial charge in [-0.25, -0.2) is 4.39 Å². The Morgan fingerprint density at radius 1 is 1.21 bits per heavy atom. The van der Waals surface area contributed by atoms with Gasteiger partial charge in [0, 0.05) is 31.7 Å². The average Bonchev–Trinajstić information content (AvgIpc) is 2.64. The molecule has 5 nitrogen and oxygen atoms in total. The third-order valence-electron chi connectivity index (χ3n) is 4.67. The molecule has 0 heterocycles. The number of rotatable bonds is 11. The maximum absolute atomic E-state index is 13.9. The Labute approximate surface area is 188 Å². The van der Waals surface area contributed by atoms with Crippen molar-refractivity contribution in [2.24, 2.45) is 4.99 Å². The summed E-state index contributed by atoms with van der Waals surface area (Å²) in [5, 5.41) is 6.77. The molecule has 1 aromatic carbocycles. The van der Waals surface area contributed by atoms with Gasteiger partial charge < -0.3 is 20.4 Å². The SMILES string of the molecule is CCN(CC)CCCC(C)NC(=NC)NCc1ccc(F)c(CN(C)C)c1.I. The lowest BCUT2D eigenvalue weighted by atomic mass is 10.1. The summed E-state index contributed by atoms with van der Waals surface area (Å²) in [6.45, 7) is 11.1. The number of nitrogens with one attached hydrogen (secondary N) is 2. The summed E-state index contributed by atoms with van der Waals surface area (Å²) < 4.78 is 13.9. The van der Waals surface area contributed by atoms with Crippen molar-refractivity contribution in [2.45, 2.75) is 52.7 Å². The summed E-state index contributed by atoms with van der Waals surface area (Å²) in [7, 11) is 5.66. The standard InChI is InChI=1S/C21H38FN5.HI/c1-7-27(8-2)13-9-10-17(3)25-21(23-4)24-15-18-11-12-20(22)19(14-18)16-26(5)6;/h11-12,14,17H,7-10,13,15-16H2,1-6H3,(H2,23,24,25);1H. The van der Waals surface area contributed by atoms with E-state index in [1.165, 1.54) is 6.42 Å². The number of guanidine groups is 1. The Bertz CT molecular complexity index is 576. The molecule has 0 aromatic heterocycles. The van der Waals surface area contributed by atoms with Gasteiger partial charge in [-0.2, -0.15) is 0 Å². The van der Waals surface area contributed by atoms with E-state index in [0.717, 1.165) is 37.6 Å². The molecule has 0 bridgehead atoms. The second-order valence-corrected chi connectivity index (χ2v) is 7.30. The van der Waals surface area contributed by atoms with Crippen LogP contribution < -0.4 is 10.6 Å². The zero-order valence-electron chi connectivity index (χ0n) is 18.4. The molecule has 162 valence electrons. The van der Waals surface area contributed by atoms with Crippen molar-refractivity contribution in [1.82, 2.24) is 20.4 Å². The number of halogens is 2. The highest BCUT2D eigenvalue weighted by Gasteiger charge is 2.08. The summed E-state index contributed by atoms with van der Waals surface area (Å²) in [4.78, 5) is 8.72. The molecule has 2 N–H and O–H groups in total. The van der Waals surface area contributed by atoms with Crippen LogP contribution in [0.3, 0.4) is 0 Å². The first-order chi connectivity index (χ1) is 12.9. The van der Waals surface area contributed by atoms with Crippen LogP contribution in [0.15, 0.2) is 23.2 Å². The lowest BCUT2D eigenvalue weighted by molar-refractivity contribution is 0.292. The fourth-order valence-electron chi connectivity index (χ4n) is 3.05. The molecule has 1 rings (SSSR count). The number of hydrogen-bond donors (Lipinski definition) is 2. The molecule has 0 aliphatic carbocycles. The third kappa shape index (κ3) is 10.6. The first kappa shape index (κ1) is 27.1. The van der Waals surface area contributed by atoms with Crippen LogP contribution in [0, 0.1) is 5.82 Å². The molecule has 0 aliphatic rings. The molecule has 0 aliphatic heterocycles. The van der Waals surface area contributed by atoms with E-state index in [4.69, 9.17) is 0 Å². The van der Waals surface area contributed by atoms with Gasteiger partial charge in [0.15, 0.2) is 5.96 Å². The van der Waals surface area contributed by atoms with Gasteiger partial charge in [0.1, 0.15) is 5.82 Å². The van der Waals surface area contributed by atoms with Gasteiger partial charge in [-0.1, -0.05) is 19.9 Å². The van der Waals surface area contributed by atoms with Crippen LogP contribution in [0.25, 0.3) is 0 Å². The normalized spacial score (nSPS) is 12.8. The quantitative estimate of drug-likeness (QED) is 0.273. The molecule has 28 heavy (non-hydrogen) atoms. The van der Waals surface area contributed by atoms with Crippen LogP contribution in [0.5, 0.6) is 0 Å². The predicted molar refractivity (Wildman–Crippen MR) is 129 cm³/mol. The van der Waals surface area contributed by atoms with Gasteiger partial charge in [-0.3, -0.25) is 4.99 Å². The van der Waals surface area contributed by atoms with Crippen molar-refractivity contribution < 1.29 is 4.39 Å². The Balaban J connectivity index is 0.00000729. The minimum atomic E-state index is -0.156. The monoisotopic (exact) mass is 507 g/mol. The van der Waals surface area contributed by atoms with E-state index in [1.54, 1.807) is 13.1 Å². The van der Waals surface area contributed by atoms with Crippen LogP contribution in [-0.2, 0) is 13.1 Å². The summed E-state index contributed by atoms with van der Waals surface area (Å²) >= 11 is 0. The summed E-state index contributed by atoms with van der Waals surface area (Å²) in [6, 6.07) is 5.64. The van der Waals surface area contributed by atoms with Crippen molar-refractivity contribution in [3.8, 4) is 0 Å². The highest BCUT2D eigenvalue weighted by Crippen LogP contribution is 2.12. The van der Waals surface area contributed by atoms with Gasteiger partial charge in [0.05, 0.1) is 0 Å². The fraction of sp³-hybridized carbons (Fsp3) is 0.667. The molecule has 1 atom stereocenters. The van der Waals surface area contributed by atoms with Crippen LogP contribution in [0.2, 0.25) is 0 Å². The minimum Gasteiger partial charge on any atom is -0.354 e. The minimum absolute atomic E-state index is 0. The highest BCUT2D eigenvalue weighted by molar-refractivity contribution is 14.0. The topological polar surface area (TPSA) is 42.9 Å². The van der Waals surface area contributed by atoms with E-state index >= 15 is 0 Å². The van der Waals surface area contributed by atoms with Crippen molar-refractivity contribution in [1.29, 1.82) is 0 Å². The van der Waals surface area contributed by atoms with E-state index in [2.05, 4.69) is 41.3 Å². The fourth-order valence-corrected chi connectivity index (χ4v) is 3.05. The number of hydrogen-bond acceptors (Lipinski definition) is 3. The smallest absolute Gasteiger partial charge is 0.191 e. The average molecular weight is 507 g/mol. The van der Waals surface area contributed by atoms with Gasteiger partial charge in [-0.15, -0.1) is 24.0 Å². The molecule has 0 amide bonds.